The maximum absolute atomic E-state index is 12.5. The fraction of sp³-hybridized carbons (Fsp3) is 0.600. The number of hydrogen-bond donors (Lipinski definition) is 1. The molecule has 82 valence electrons. The van der Waals surface area contributed by atoms with Gasteiger partial charge in [0.25, 0.3) is 5.56 Å². The molecule has 4 nitrogen and oxygen atoms in total. The molecule has 0 bridgehead atoms. The van der Waals surface area contributed by atoms with Gasteiger partial charge in [0.05, 0.1) is 5.69 Å². The number of aryl methyl sites for hydroxylation is 1. The minimum atomic E-state index is -0.657. The van der Waals surface area contributed by atoms with Crippen LogP contribution in [0.15, 0.2) is 10.9 Å². The van der Waals surface area contributed by atoms with Gasteiger partial charge in [-0.25, -0.2) is 9.49 Å². The summed E-state index contributed by atoms with van der Waals surface area (Å²) in [6.07, 6.45) is 0.0972. The smallest absolute Gasteiger partial charge is 0.267 e. The molecule has 1 aliphatic heterocycles. The molecule has 2 rings (SSSR count). The van der Waals surface area contributed by atoms with Crippen LogP contribution in [0.5, 0.6) is 0 Å². The number of aromatic amines is 1. The van der Waals surface area contributed by atoms with E-state index in [-0.39, 0.29) is 5.56 Å². The number of hydrogen-bond acceptors (Lipinski definition) is 3. The Morgan fingerprint density at radius 3 is 3.00 bits per heavy atom. The number of nitrogens with zero attached hydrogens (tertiary/aromatic N) is 2. The third kappa shape index (κ3) is 2.41. The van der Waals surface area contributed by atoms with Gasteiger partial charge in [0, 0.05) is 31.6 Å². The molecule has 1 aliphatic rings. The molecule has 0 amide bonds. The van der Waals surface area contributed by atoms with Gasteiger partial charge in [0.2, 0.25) is 0 Å². The zero-order chi connectivity index (χ0) is 10.8. The third-order valence-electron chi connectivity index (χ3n) is 2.64. The average Bonchev–Trinajstić information content (AvgIpc) is 2.16. The molecule has 1 fully saturated rings. The van der Waals surface area contributed by atoms with Gasteiger partial charge in [-0.3, -0.25) is 9.69 Å². The van der Waals surface area contributed by atoms with Crippen LogP contribution in [0.3, 0.4) is 0 Å². The first-order chi connectivity index (χ1) is 7.15. The summed E-state index contributed by atoms with van der Waals surface area (Å²) >= 11 is 0. The van der Waals surface area contributed by atoms with Crippen molar-refractivity contribution in [3.63, 3.8) is 0 Å². The number of nitrogens with one attached hydrogen (secondary N) is 1. The quantitative estimate of drug-likeness (QED) is 0.781. The van der Waals surface area contributed by atoms with Crippen molar-refractivity contribution in [2.24, 2.45) is 0 Å². The normalized spacial score (nSPS) is 17.7. The molecule has 0 aromatic carbocycles. The molecule has 0 saturated carbocycles. The Kier molecular flexibility index (Phi) is 2.81. The lowest BCUT2D eigenvalue weighted by Gasteiger charge is -2.33. The van der Waals surface area contributed by atoms with Gasteiger partial charge in [-0.1, -0.05) is 0 Å². The van der Waals surface area contributed by atoms with Crippen LogP contribution in [0.4, 0.5) is 4.39 Å². The minimum Gasteiger partial charge on any atom is -0.297 e. The monoisotopic (exact) mass is 211 g/mol. The van der Waals surface area contributed by atoms with E-state index in [9.17, 15) is 9.18 Å². The number of likely N-dealkylation sites (tertiary alicyclic amines) is 1. The standard InChI is InChI=1S/C10H14FN3O/c1-7-4-9(12-13-10(7)15)2-3-14-5-8(11)6-14/h4,8H,2-3,5-6H2,1H3,(H,13,15). The van der Waals surface area contributed by atoms with E-state index < -0.39 is 6.17 Å². The Morgan fingerprint density at radius 2 is 2.40 bits per heavy atom. The van der Waals surface area contributed by atoms with E-state index in [1.54, 1.807) is 13.0 Å². The number of rotatable bonds is 3. The summed E-state index contributed by atoms with van der Waals surface area (Å²) in [6.45, 7) is 3.62. The summed E-state index contributed by atoms with van der Waals surface area (Å²) in [5.74, 6) is 0. The zero-order valence-corrected chi connectivity index (χ0v) is 8.66. The van der Waals surface area contributed by atoms with Gasteiger partial charge < -0.3 is 0 Å². The van der Waals surface area contributed by atoms with Crippen molar-refractivity contribution in [3.05, 3.63) is 27.7 Å². The second-order valence-electron chi connectivity index (χ2n) is 3.98. The van der Waals surface area contributed by atoms with E-state index in [0.29, 0.717) is 18.7 Å². The minimum absolute atomic E-state index is 0.147. The van der Waals surface area contributed by atoms with Gasteiger partial charge in [0.1, 0.15) is 6.17 Å². The summed E-state index contributed by atoms with van der Waals surface area (Å²) < 4.78 is 12.5. The van der Waals surface area contributed by atoms with Crippen LogP contribution in [0.25, 0.3) is 0 Å². The highest BCUT2D eigenvalue weighted by molar-refractivity contribution is 5.11. The molecule has 15 heavy (non-hydrogen) atoms. The van der Waals surface area contributed by atoms with Crippen LogP contribution < -0.4 is 5.56 Å². The molecular weight excluding hydrogens is 197 g/mol. The van der Waals surface area contributed by atoms with Gasteiger partial charge in [0.15, 0.2) is 0 Å². The molecule has 2 heterocycles. The van der Waals surface area contributed by atoms with E-state index in [2.05, 4.69) is 10.2 Å². The van der Waals surface area contributed by atoms with Crippen molar-refractivity contribution in [2.75, 3.05) is 19.6 Å². The summed E-state index contributed by atoms with van der Waals surface area (Å²) in [7, 11) is 0. The predicted molar refractivity (Wildman–Crippen MR) is 54.6 cm³/mol. The first-order valence-electron chi connectivity index (χ1n) is 5.07. The molecule has 0 radical (unpaired) electrons. The molecule has 1 N–H and O–H groups in total. The van der Waals surface area contributed by atoms with Gasteiger partial charge in [-0.05, 0) is 13.0 Å². The van der Waals surface area contributed by atoms with Crippen LogP contribution in [-0.2, 0) is 6.42 Å². The lowest BCUT2D eigenvalue weighted by molar-refractivity contribution is 0.0667. The van der Waals surface area contributed by atoms with E-state index >= 15 is 0 Å². The van der Waals surface area contributed by atoms with Crippen LogP contribution in [0.2, 0.25) is 0 Å². The molecule has 1 saturated heterocycles. The first kappa shape index (κ1) is 10.3. The first-order valence-corrected chi connectivity index (χ1v) is 5.07. The third-order valence-corrected chi connectivity index (χ3v) is 2.64. The lowest BCUT2D eigenvalue weighted by atomic mass is 10.1. The van der Waals surface area contributed by atoms with Crippen LogP contribution >= 0.6 is 0 Å². The maximum Gasteiger partial charge on any atom is 0.267 e. The second kappa shape index (κ2) is 4.10. The number of halogens is 1. The summed E-state index contributed by atoms with van der Waals surface area (Å²) in [6, 6.07) is 1.78. The molecular formula is C10H14FN3O. The Balaban J connectivity index is 1.88. The van der Waals surface area contributed by atoms with Crippen LogP contribution in [0, 0.1) is 6.92 Å². The predicted octanol–water partition coefficient (Wildman–Crippen LogP) is 0.275. The highest BCUT2D eigenvalue weighted by Gasteiger charge is 2.25. The molecule has 0 atom stereocenters. The van der Waals surface area contributed by atoms with Crippen molar-refractivity contribution in [2.45, 2.75) is 19.5 Å². The Morgan fingerprint density at radius 1 is 1.67 bits per heavy atom. The second-order valence-corrected chi connectivity index (χ2v) is 3.98. The fourth-order valence-corrected chi connectivity index (χ4v) is 1.65. The fourth-order valence-electron chi connectivity index (χ4n) is 1.65. The topological polar surface area (TPSA) is 49.0 Å². The highest BCUT2D eigenvalue weighted by Crippen LogP contribution is 2.11. The highest BCUT2D eigenvalue weighted by atomic mass is 19.1. The van der Waals surface area contributed by atoms with Crippen molar-refractivity contribution < 1.29 is 4.39 Å². The molecule has 0 unspecified atom stereocenters. The molecule has 1 aromatic heterocycles. The molecule has 5 heteroatoms. The lowest BCUT2D eigenvalue weighted by Crippen LogP contribution is -2.49. The maximum atomic E-state index is 12.5. The zero-order valence-electron chi connectivity index (χ0n) is 8.66. The summed E-state index contributed by atoms with van der Waals surface area (Å²) in [4.78, 5) is 13.1. The molecule has 1 aromatic rings. The van der Waals surface area contributed by atoms with Gasteiger partial charge in [-0.2, -0.15) is 5.10 Å². The van der Waals surface area contributed by atoms with Crippen molar-refractivity contribution in [3.8, 4) is 0 Å². The van der Waals surface area contributed by atoms with E-state index in [1.165, 1.54) is 0 Å². The van der Waals surface area contributed by atoms with Gasteiger partial charge in [-0.15, -0.1) is 0 Å². The Hall–Kier alpha value is -1.23. The number of H-pyrrole nitrogens is 1. The van der Waals surface area contributed by atoms with Crippen LogP contribution in [-0.4, -0.2) is 40.9 Å². The van der Waals surface area contributed by atoms with Crippen LogP contribution in [0.1, 0.15) is 11.3 Å². The SMILES string of the molecule is Cc1cc(CCN2CC(F)C2)n[nH]c1=O. The average molecular weight is 211 g/mol. The molecule has 0 spiro atoms. The Labute approximate surface area is 87.1 Å². The molecule has 0 aliphatic carbocycles. The van der Waals surface area contributed by atoms with Gasteiger partial charge >= 0.3 is 0 Å². The summed E-state index contributed by atoms with van der Waals surface area (Å²) in [5.41, 5.74) is 1.38. The largest absolute Gasteiger partial charge is 0.297 e. The van der Waals surface area contributed by atoms with Crippen molar-refractivity contribution >= 4 is 0 Å². The Bertz CT molecular complexity index is 398. The van der Waals surface area contributed by atoms with E-state index in [0.717, 1.165) is 18.7 Å². The van der Waals surface area contributed by atoms with Crippen molar-refractivity contribution in [1.29, 1.82) is 0 Å². The van der Waals surface area contributed by atoms with E-state index in [1.807, 2.05) is 4.90 Å². The number of aromatic nitrogens is 2. The van der Waals surface area contributed by atoms with Crippen molar-refractivity contribution in [1.82, 2.24) is 15.1 Å². The van der Waals surface area contributed by atoms with E-state index in [4.69, 9.17) is 0 Å². The number of alkyl halides is 1. The summed E-state index contributed by atoms with van der Waals surface area (Å²) in [5, 5.41) is 6.37.